The average Bonchev–Trinajstić information content (AvgIpc) is 2.89. The van der Waals surface area contributed by atoms with Crippen molar-refractivity contribution in [1.82, 2.24) is 25.3 Å². The van der Waals surface area contributed by atoms with Gasteiger partial charge in [-0.1, -0.05) is 36.4 Å². The number of aryl methyl sites for hydroxylation is 1. The molecule has 2 heterocycles. The van der Waals surface area contributed by atoms with E-state index in [2.05, 4.69) is 25.8 Å². The fraction of sp³-hybridized carbons (Fsp3) is 0.360. The highest BCUT2D eigenvalue weighted by Gasteiger charge is 2.40. The van der Waals surface area contributed by atoms with Crippen molar-refractivity contribution in [1.29, 1.82) is 0 Å². The van der Waals surface area contributed by atoms with Crippen LogP contribution in [0.3, 0.4) is 0 Å². The largest absolute Gasteiger partial charge is 0.434 e. The minimum Gasteiger partial charge on any atom is -0.330 e. The number of fused-ring (bicyclic) bond motifs is 1. The van der Waals surface area contributed by atoms with E-state index in [4.69, 9.17) is 5.73 Å². The maximum Gasteiger partial charge on any atom is 0.434 e. The van der Waals surface area contributed by atoms with Gasteiger partial charge in [-0.25, -0.2) is 15.4 Å². The highest BCUT2D eigenvalue weighted by Crippen LogP contribution is 2.36. The number of amides is 1. The first-order chi connectivity index (χ1) is 17.4. The van der Waals surface area contributed by atoms with Crippen LogP contribution in [0.1, 0.15) is 58.2 Å². The molecule has 2 aromatic heterocycles. The zero-order chi connectivity index (χ0) is 25.5. The van der Waals surface area contributed by atoms with E-state index >= 15 is 0 Å². The molecular weight excluding hydrogens is 471 g/mol. The van der Waals surface area contributed by atoms with Gasteiger partial charge in [-0.3, -0.25) is 15.2 Å². The summed E-state index contributed by atoms with van der Waals surface area (Å²) in [4.78, 5) is 27.1. The first-order valence-corrected chi connectivity index (χ1v) is 11.8. The van der Waals surface area contributed by atoms with Gasteiger partial charge in [0, 0.05) is 25.5 Å². The van der Waals surface area contributed by atoms with Gasteiger partial charge in [0.25, 0.3) is 5.91 Å². The molecule has 11 heteroatoms. The standard InChI is InChI=1S/C25H28F3N7O/c26-25(27,28)22-19(16-31-24(33-22)34-32-15-17-7-2-1-3-8-17)23(36)35(14-6-12-29)20-11-4-9-18-10-5-13-30-21(18)20/h1-3,5,7-8,10,13,16,20,32H,4,6,9,11-12,14-15,29H2,(H,31,33,34). The molecule has 4 rings (SSSR count). The number of hydrogen-bond acceptors (Lipinski definition) is 7. The van der Waals surface area contributed by atoms with E-state index in [9.17, 15) is 18.0 Å². The molecule has 0 saturated carbocycles. The topological polar surface area (TPSA) is 109 Å². The minimum atomic E-state index is -4.86. The van der Waals surface area contributed by atoms with Gasteiger partial charge in [0.15, 0.2) is 5.69 Å². The predicted molar refractivity (Wildman–Crippen MR) is 129 cm³/mol. The Bertz CT molecular complexity index is 1170. The third-order valence-corrected chi connectivity index (χ3v) is 6.03. The maximum absolute atomic E-state index is 14.0. The number of alkyl halides is 3. The molecule has 8 nitrogen and oxygen atoms in total. The lowest BCUT2D eigenvalue weighted by molar-refractivity contribution is -0.141. The van der Waals surface area contributed by atoms with Crippen LogP contribution in [0.4, 0.5) is 19.1 Å². The lowest BCUT2D eigenvalue weighted by Gasteiger charge is -2.35. The van der Waals surface area contributed by atoms with Crippen molar-refractivity contribution >= 4 is 11.9 Å². The second-order valence-corrected chi connectivity index (χ2v) is 8.51. The number of nitrogens with zero attached hydrogens (tertiary/aromatic N) is 4. The molecule has 4 N–H and O–H groups in total. The predicted octanol–water partition coefficient (Wildman–Crippen LogP) is 3.88. The lowest BCUT2D eigenvalue weighted by atomic mass is 9.90. The molecule has 1 aliphatic rings. The molecule has 1 amide bonds. The maximum atomic E-state index is 14.0. The zero-order valence-corrected chi connectivity index (χ0v) is 19.6. The first kappa shape index (κ1) is 25.5. The van der Waals surface area contributed by atoms with Crippen LogP contribution >= 0.6 is 0 Å². The molecule has 1 aromatic carbocycles. The van der Waals surface area contributed by atoms with E-state index in [0.29, 0.717) is 31.6 Å². The van der Waals surface area contributed by atoms with Gasteiger partial charge >= 0.3 is 6.18 Å². The molecule has 0 radical (unpaired) electrons. The summed E-state index contributed by atoms with van der Waals surface area (Å²) in [7, 11) is 0. The molecule has 1 unspecified atom stereocenters. The average molecular weight is 500 g/mol. The van der Waals surface area contributed by atoms with Crippen LogP contribution < -0.4 is 16.6 Å². The summed E-state index contributed by atoms with van der Waals surface area (Å²) in [5.74, 6) is -1.07. The van der Waals surface area contributed by atoms with E-state index in [1.807, 2.05) is 42.5 Å². The van der Waals surface area contributed by atoms with Gasteiger partial charge in [-0.2, -0.15) is 13.2 Å². The van der Waals surface area contributed by atoms with Gasteiger partial charge in [0.1, 0.15) is 0 Å². The molecule has 0 fully saturated rings. The monoisotopic (exact) mass is 499 g/mol. The highest BCUT2D eigenvalue weighted by atomic mass is 19.4. The lowest BCUT2D eigenvalue weighted by Crippen LogP contribution is -2.39. The van der Waals surface area contributed by atoms with Gasteiger partial charge in [-0.05, 0) is 49.4 Å². The second kappa shape index (κ2) is 11.4. The van der Waals surface area contributed by atoms with E-state index in [-0.39, 0.29) is 12.5 Å². The van der Waals surface area contributed by atoms with Crippen LogP contribution in [0.5, 0.6) is 0 Å². The first-order valence-electron chi connectivity index (χ1n) is 11.8. The van der Waals surface area contributed by atoms with E-state index in [0.717, 1.165) is 30.2 Å². The fourth-order valence-electron chi connectivity index (χ4n) is 4.34. The third kappa shape index (κ3) is 5.97. The van der Waals surface area contributed by atoms with Crippen molar-refractivity contribution in [3.8, 4) is 0 Å². The number of hydrazine groups is 1. The Labute approximate surface area is 207 Å². The summed E-state index contributed by atoms with van der Waals surface area (Å²) in [6.07, 6.45) is 0.367. The fourth-order valence-corrected chi connectivity index (χ4v) is 4.34. The van der Waals surface area contributed by atoms with Crippen molar-refractivity contribution < 1.29 is 18.0 Å². The number of carbonyl (C=O) groups is 1. The van der Waals surface area contributed by atoms with Gasteiger partial charge < -0.3 is 10.6 Å². The summed E-state index contributed by atoms with van der Waals surface area (Å²) in [5.41, 5.74) is 11.8. The summed E-state index contributed by atoms with van der Waals surface area (Å²) in [5, 5.41) is 0. The van der Waals surface area contributed by atoms with Crippen molar-refractivity contribution in [2.24, 2.45) is 5.73 Å². The Kier molecular flexibility index (Phi) is 8.11. The van der Waals surface area contributed by atoms with E-state index < -0.39 is 29.4 Å². The Morgan fingerprint density at radius 1 is 1.14 bits per heavy atom. The summed E-state index contributed by atoms with van der Waals surface area (Å²) in [6.45, 7) is 0.837. The van der Waals surface area contributed by atoms with Crippen LogP contribution in [-0.4, -0.2) is 38.8 Å². The van der Waals surface area contributed by atoms with Crippen molar-refractivity contribution in [2.75, 3.05) is 18.5 Å². The number of hydrogen-bond donors (Lipinski definition) is 3. The van der Waals surface area contributed by atoms with Gasteiger partial charge in [-0.15, -0.1) is 0 Å². The third-order valence-electron chi connectivity index (χ3n) is 6.03. The number of nitrogens with two attached hydrogens (primary N) is 1. The summed E-state index contributed by atoms with van der Waals surface area (Å²) in [6, 6.07) is 12.6. The smallest absolute Gasteiger partial charge is 0.330 e. The number of aromatic nitrogens is 3. The molecule has 0 bridgehead atoms. The number of rotatable bonds is 9. The number of benzene rings is 1. The Morgan fingerprint density at radius 3 is 2.69 bits per heavy atom. The van der Waals surface area contributed by atoms with Crippen molar-refractivity contribution in [2.45, 2.75) is 44.4 Å². The molecule has 1 aliphatic carbocycles. The highest BCUT2D eigenvalue weighted by molar-refractivity contribution is 5.95. The molecule has 0 saturated heterocycles. The number of halogens is 3. The molecule has 3 aromatic rings. The van der Waals surface area contributed by atoms with Crippen LogP contribution in [0, 0.1) is 0 Å². The molecule has 190 valence electrons. The summed E-state index contributed by atoms with van der Waals surface area (Å²) < 4.78 is 42.1. The minimum absolute atomic E-state index is 0.200. The molecular formula is C25H28F3N7O. The summed E-state index contributed by atoms with van der Waals surface area (Å²) >= 11 is 0. The Morgan fingerprint density at radius 2 is 1.94 bits per heavy atom. The Balaban J connectivity index is 1.61. The van der Waals surface area contributed by atoms with Crippen LogP contribution in [0.15, 0.2) is 54.9 Å². The molecule has 1 atom stereocenters. The number of anilines is 1. The van der Waals surface area contributed by atoms with Crippen LogP contribution in [0.25, 0.3) is 0 Å². The molecule has 36 heavy (non-hydrogen) atoms. The number of pyridine rings is 1. The normalized spacial score (nSPS) is 15.3. The van der Waals surface area contributed by atoms with Gasteiger partial charge in [0.05, 0.1) is 17.3 Å². The van der Waals surface area contributed by atoms with Crippen LogP contribution in [-0.2, 0) is 19.1 Å². The van der Waals surface area contributed by atoms with Gasteiger partial charge in [0.2, 0.25) is 5.95 Å². The quantitative estimate of drug-likeness (QED) is 0.384. The zero-order valence-electron chi connectivity index (χ0n) is 19.6. The molecule has 0 spiro atoms. The van der Waals surface area contributed by atoms with Crippen molar-refractivity contribution in [3.05, 3.63) is 82.9 Å². The number of carbonyl (C=O) groups excluding carboxylic acids is 1. The van der Waals surface area contributed by atoms with Crippen molar-refractivity contribution in [3.63, 3.8) is 0 Å². The van der Waals surface area contributed by atoms with Crippen LogP contribution in [0.2, 0.25) is 0 Å². The van der Waals surface area contributed by atoms with E-state index in [1.165, 1.54) is 4.90 Å². The Hall–Kier alpha value is -3.57. The SMILES string of the molecule is NCCCN(C(=O)c1cnc(NNCc2ccccc2)nc1C(F)(F)F)C1CCCc2cccnc21. The number of nitrogens with one attached hydrogen (secondary N) is 2. The molecule has 0 aliphatic heterocycles. The van der Waals surface area contributed by atoms with E-state index in [1.54, 1.807) is 6.20 Å². The second-order valence-electron chi connectivity index (χ2n) is 8.51.